The van der Waals surface area contributed by atoms with E-state index in [2.05, 4.69) is 21.2 Å². The molecule has 1 fully saturated rings. The highest BCUT2D eigenvalue weighted by Gasteiger charge is 2.26. The molecule has 1 aliphatic carbocycles. The molecule has 0 aromatic heterocycles. The van der Waals surface area contributed by atoms with Crippen molar-refractivity contribution in [2.45, 2.75) is 30.1 Å². The minimum atomic E-state index is -0.479. The van der Waals surface area contributed by atoms with Gasteiger partial charge in [0.25, 0.3) is 11.6 Å². The second kappa shape index (κ2) is 5.48. The second-order valence-corrected chi connectivity index (χ2v) is 5.51. The average molecular weight is 313 g/mol. The van der Waals surface area contributed by atoms with E-state index in [1.54, 1.807) is 0 Å². The van der Waals surface area contributed by atoms with Gasteiger partial charge >= 0.3 is 0 Å². The molecule has 2 unspecified atom stereocenters. The van der Waals surface area contributed by atoms with Crippen molar-refractivity contribution in [1.29, 1.82) is 0 Å². The lowest BCUT2D eigenvalue weighted by Crippen LogP contribution is -2.37. The maximum absolute atomic E-state index is 11.9. The Morgan fingerprint density at radius 1 is 1.33 bits per heavy atom. The number of benzene rings is 1. The zero-order valence-electron chi connectivity index (χ0n) is 9.64. The van der Waals surface area contributed by atoms with E-state index in [9.17, 15) is 14.9 Å². The zero-order valence-corrected chi connectivity index (χ0v) is 11.2. The number of rotatable bonds is 3. The van der Waals surface area contributed by atoms with Crippen molar-refractivity contribution >= 4 is 27.5 Å². The smallest absolute Gasteiger partial charge is 0.269 e. The van der Waals surface area contributed by atoms with Crippen LogP contribution in [0.3, 0.4) is 0 Å². The maximum Gasteiger partial charge on any atom is 0.269 e. The summed E-state index contributed by atoms with van der Waals surface area (Å²) in [6.45, 7) is 0. The van der Waals surface area contributed by atoms with Gasteiger partial charge in [-0.15, -0.1) is 0 Å². The molecule has 1 saturated carbocycles. The van der Waals surface area contributed by atoms with Crippen LogP contribution in [0.2, 0.25) is 0 Å². The highest BCUT2D eigenvalue weighted by Crippen LogP contribution is 2.25. The number of nitro groups is 1. The number of carbonyl (C=O) groups is 1. The van der Waals surface area contributed by atoms with Crippen LogP contribution in [0.4, 0.5) is 5.69 Å². The quantitative estimate of drug-likeness (QED) is 0.530. The highest BCUT2D eigenvalue weighted by atomic mass is 79.9. The first-order chi connectivity index (χ1) is 8.58. The van der Waals surface area contributed by atoms with Gasteiger partial charge in [0.05, 0.1) is 4.92 Å². The molecule has 0 aliphatic heterocycles. The van der Waals surface area contributed by atoms with Crippen LogP contribution in [-0.2, 0) is 0 Å². The molecule has 2 atom stereocenters. The lowest BCUT2D eigenvalue weighted by atomic mass is 10.1. The van der Waals surface area contributed by atoms with Crippen molar-refractivity contribution in [2.24, 2.45) is 0 Å². The van der Waals surface area contributed by atoms with Crippen molar-refractivity contribution in [2.75, 3.05) is 0 Å². The van der Waals surface area contributed by atoms with Gasteiger partial charge in [0, 0.05) is 28.6 Å². The fourth-order valence-corrected chi connectivity index (χ4v) is 2.78. The van der Waals surface area contributed by atoms with Crippen LogP contribution in [0.15, 0.2) is 24.3 Å². The first-order valence-electron chi connectivity index (χ1n) is 5.77. The van der Waals surface area contributed by atoms with Gasteiger partial charge in [-0.1, -0.05) is 22.4 Å². The van der Waals surface area contributed by atoms with Crippen LogP contribution in [0.25, 0.3) is 0 Å². The van der Waals surface area contributed by atoms with E-state index >= 15 is 0 Å². The number of amides is 1. The minimum absolute atomic E-state index is 0.00853. The Bertz CT molecular complexity index is 461. The molecule has 1 amide bonds. The summed E-state index contributed by atoms with van der Waals surface area (Å²) in [5.74, 6) is -0.179. The number of carbonyl (C=O) groups excluding carboxylic acids is 1. The summed E-state index contributed by atoms with van der Waals surface area (Å²) in [5, 5.41) is 13.4. The number of non-ortho nitro benzene ring substituents is 1. The summed E-state index contributed by atoms with van der Waals surface area (Å²) in [4.78, 5) is 22.3. The number of alkyl halides is 1. The molecule has 0 bridgehead atoms. The van der Waals surface area contributed by atoms with E-state index in [1.165, 1.54) is 24.3 Å². The standard InChI is InChI=1S/C12H13BrN2O3/c13-10-2-1-3-11(10)14-12(16)8-4-6-9(7-5-8)15(17)18/h4-7,10-11H,1-3H2,(H,14,16). The van der Waals surface area contributed by atoms with Crippen molar-refractivity contribution in [1.82, 2.24) is 5.32 Å². The Morgan fingerprint density at radius 3 is 2.50 bits per heavy atom. The largest absolute Gasteiger partial charge is 0.348 e. The Kier molecular flexibility index (Phi) is 3.96. The summed E-state index contributed by atoms with van der Waals surface area (Å²) < 4.78 is 0. The summed E-state index contributed by atoms with van der Waals surface area (Å²) in [7, 11) is 0. The third-order valence-electron chi connectivity index (χ3n) is 3.09. The van der Waals surface area contributed by atoms with Gasteiger partial charge in [-0.25, -0.2) is 0 Å². The maximum atomic E-state index is 11.9. The Balaban J connectivity index is 2.02. The van der Waals surface area contributed by atoms with Crippen LogP contribution >= 0.6 is 15.9 Å². The molecule has 6 heteroatoms. The monoisotopic (exact) mass is 312 g/mol. The summed E-state index contributed by atoms with van der Waals surface area (Å²) in [5.41, 5.74) is 0.443. The van der Waals surface area contributed by atoms with E-state index in [1.807, 2.05) is 0 Å². The Labute approximate surface area is 113 Å². The molecular weight excluding hydrogens is 300 g/mol. The molecule has 96 valence electrons. The molecule has 0 heterocycles. The second-order valence-electron chi connectivity index (χ2n) is 4.33. The van der Waals surface area contributed by atoms with E-state index in [0.717, 1.165) is 19.3 Å². The average Bonchev–Trinajstić information content (AvgIpc) is 2.75. The van der Waals surface area contributed by atoms with Crippen molar-refractivity contribution in [3.05, 3.63) is 39.9 Å². The van der Waals surface area contributed by atoms with Crippen LogP contribution in [-0.4, -0.2) is 21.7 Å². The van der Waals surface area contributed by atoms with Crippen molar-refractivity contribution < 1.29 is 9.72 Å². The molecular formula is C12H13BrN2O3. The van der Waals surface area contributed by atoms with E-state index in [0.29, 0.717) is 10.4 Å². The number of hydrogen-bond donors (Lipinski definition) is 1. The minimum Gasteiger partial charge on any atom is -0.348 e. The molecule has 18 heavy (non-hydrogen) atoms. The SMILES string of the molecule is O=C(NC1CCCC1Br)c1ccc([N+](=O)[O-])cc1. The molecule has 1 aromatic rings. The fourth-order valence-electron chi connectivity index (χ4n) is 2.06. The van der Waals surface area contributed by atoms with Crippen LogP contribution in [0.1, 0.15) is 29.6 Å². The topological polar surface area (TPSA) is 72.2 Å². The first-order valence-corrected chi connectivity index (χ1v) is 6.69. The summed E-state index contributed by atoms with van der Waals surface area (Å²) in [6.07, 6.45) is 3.13. The molecule has 1 aromatic carbocycles. The van der Waals surface area contributed by atoms with Gasteiger partial charge < -0.3 is 5.32 Å². The van der Waals surface area contributed by atoms with E-state index < -0.39 is 4.92 Å². The van der Waals surface area contributed by atoms with E-state index in [4.69, 9.17) is 0 Å². The molecule has 2 rings (SSSR count). The van der Waals surface area contributed by atoms with Gasteiger partial charge in [0.2, 0.25) is 0 Å². The number of halogens is 1. The Hall–Kier alpha value is -1.43. The van der Waals surface area contributed by atoms with Crippen LogP contribution in [0, 0.1) is 10.1 Å². The van der Waals surface area contributed by atoms with E-state index in [-0.39, 0.29) is 17.6 Å². The van der Waals surface area contributed by atoms with Gasteiger partial charge in [0.15, 0.2) is 0 Å². The third kappa shape index (κ3) is 2.87. The molecule has 5 nitrogen and oxygen atoms in total. The summed E-state index contributed by atoms with van der Waals surface area (Å²) >= 11 is 3.53. The molecule has 0 spiro atoms. The van der Waals surface area contributed by atoms with Gasteiger partial charge in [-0.2, -0.15) is 0 Å². The molecule has 0 saturated heterocycles. The lowest BCUT2D eigenvalue weighted by Gasteiger charge is -2.15. The number of nitrogens with one attached hydrogen (secondary N) is 1. The number of nitrogens with zero attached hydrogens (tertiary/aromatic N) is 1. The predicted octanol–water partition coefficient (Wildman–Crippen LogP) is 2.64. The van der Waals surface area contributed by atoms with Gasteiger partial charge in [-0.05, 0) is 25.0 Å². The lowest BCUT2D eigenvalue weighted by molar-refractivity contribution is -0.384. The molecule has 1 N–H and O–H groups in total. The van der Waals surface area contributed by atoms with Crippen molar-refractivity contribution in [3.8, 4) is 0 Å². The van der Waals surface area contributed by atoms with Gasteiger partial charge in [0.1, 0.15) is 0 Å². The predicted molar refractivity (Wildman–Crippen MR) is 70.9 cm³/mol. The van der Waals surface area contributed by atoms with Crippen LogP contribution in [0.5, 0.6) is 0 Å². The zero-order chi connectivity index (χ0) is 13.1. The Morgan fingerprint density at radius 2 is 2.00 bits per heavy atom. The first kappa shape index (κ1) is 13.0. The number of hydrogen-bond acceptors (Lipinski definition) is 3. The third-order valence-corrected chi connectivity index (χ3v) is 4.18. The van der Waals surface area contributed by atoms with Crippen LogP contribution < -0.4 is 5.32 Å². The molecule has 0 radical (unpaired) electrons. The summed E-state index contributed by atoms with van der Waals surface area (Å²) in [6, 6.07) is 5.79. The van der Waals surface area contributed by atoms with Gasteiger partial charge in [-0.3, -0.25) is 14.9 Å². The fraction of sp³-hybridized carbons (Fsp3) is 0.417. The molecule has 1 aliphatic rings. The normalized spacial score (nSPS) is 22.7. The number of nitro benzene ring substituents is 1. The highest BCUT2D eigenvalue weighted by molar-refractivity contribution is 9.09. The van der Waals surface area contributed by atoms with Crippen molar-refractivity contribution in [3.63, 3.8) is 0 Å².